The van der Waals surface area contributed by atoms with Gasteiger partial charge in [0.2, 0.25) is 0 Å². The lowest BCUT2D eigenvalue weighted by atomic mass is 10.3. The topological polar surface area (TPSA) is 51.3 Å². The lowest BCUT2D eigenvalue weighted by Gasteiger charge is -2.11. The average molecular weight is 355 g/mol. The third kappa shape index (κ3) is 2.55. The Morgan fingerprint density at radius 2 is 2.12 bits per heavy atom. The molecule has 1 saturated heterocycles. The van der Waals surface area contributed by atoms with Crippen LogP contribution in [0.2, 0.25) is 0 Å². The molecule has 0 spiro atoms. The van der Waals surface area contributed by atoms with E-state index in [9.17, 15) is 4.79 Å². The molecule has 1 aromatic carbocycles. The molecule has 1 aliphatic rings. The molecule has 120 valence electrons. The molecule has 0 aliphatic carbocycles. The molecule has 1 aliphatic heterocycles. The van der Waals surface area contributed by atoms with E-state index in [0.717, 1.165) is 16.9 Å². The number of benzene rings is 1. The molecular formula is C17H13N3O2S2. The molecular weight excluding hydrogens is 342 g/mol. The van der Waals surface area contributed by atoms with Crippen LogP contribution in [0.3, 0.4) is 0 Å². The van der Waals surface area contributed by atoms with Gasteiger partial charge in [0.25, 0.3) is 5.91 Å². The van der Waals surface area contributed by atoms with E-state index in [0.29, 0.717) is 21.5 Å². The summed E-state index contributed by atoms with van der Waals surface area (Å²) in [4.78, 5) is 19.3. The van der Waals surface area contributed by atoms with Gasteiger partial charge in [0.1, 0.15) is 15.9 Å². The fourth-order valence-electron chi connectivity index (χ4n) is 2.61. The highest BCUT2D eigenvalue weighted by Gasteiger charge is 2.33. The van der Waals surface area contributed by atoms with Crippen LogP contribution in [0.1, 0.15) is 11.6 Å². The smallest absolute Gasteiger partial charge is 0.266 e. The van der Waals surface area contributed by atoms with E-state index in [4.69, 9.17) is 16.6 Å². The normalized spacial score (nSPS) is 16.7. The number of aromatic nitrogens is 2. The van der Waals surface area contributed by atoms with Crippen LogP contribution >= 0.6 is 24.0 Å². The summed E-state index contributed by atoms with van der Waals surface area (Å²) in [5.74, 6) is 1.32. The second-order valence-corrected chi connectivity index (χ2v) is 7.04. The minimum absolute atomic E-state index is 0.117. The summed E-state index contributed by atoms with van der Waals surface area (Å²) in [6, 6.07) is 11.5. The Labute approximate surface area is 148 Å². The number of thioether (sulfide) groups is 1. The van der Waals surface area contributed by atoms with E-state index in [-0.39, 0.29) is 5.91 Å². The van der Waals surface area contributed by atoms with Crippen molar-refractivity contribution >= 4 is 51.3 Å². The number of nitrogens with zero attached hydrogens (tertiary/aromatic N) is 3. The predicted octanol–water partition coefficient (Wildman–Crippen LogP) is 3.57. The van der Waals surface area contributed by atoms with Crippen molar-refractivity contribution in [2.24, 2.45) is 7.05 Å². The van der Waals surface area contributed by atoms with Gasteiger partial charge in [-0.25, -0.2) is 4.98 Å². The van der Waals surface area contributed by atoms with Gasteiger partial charge in [0, 0.05) is 13.1 Å². The van der Waals surface area contributed by atoms with Crippen LogP contribution in [0, 0.1) is 0 Å². The lowest BCUT2D eigenvalue weighted by Crippen LogP contribution is -2.27. The minimum atomic E-state index is -0.117. The van der Waals surface area contributed by atoms with E-state index in [2.05, 4.69) is 4.98 Å². The standard InChI is InChI=1S/C17H13N3O2S2/c1-19-13-7-3-2-6-12(13)18-15(19)9-14-16(21)20(17(23)24-14)10-11-5-4-8-22-11/h2-9H,10H2,1H3. The van der Waals surface area contributed by atoms with Crippen molar-refractivity contribution in [3.8, 4) is 0 Å². The Kier molecular flexibility index (Phi) is 3.74. The number of hydrogen-bond acceptors (Lipinski definition) is 5. The van der Waals surface area contributed by atoms with Crippen molar-refractivity contribution in [2.75, 3.05) is 0 Å². The molecule has 24 heavy (non-hydrogen) atoms. The summed E-state index contributed by atoms with van der Waals surface area (Å²) in [5, 5.41) is 0. The summed E-state index contributed by atoms with van der Waals surface area (Å²) in [6.07, 6.45) is 3.38. The molecule has 4 rings (SSSR count). The first-order valence-electron chi connectivity index (χ1n) is 7.33. The van der Waals surface area contributed by atoms with Crippen molar-refractivity contribution in [3.63, 3.8) is 0 Å². The van der Waals surface area contributed by atoms with Crippen LogP contribution in [0.25, 0.3) is 17.1 Å². The van der Waals surface area contributed by atoms with Crippen molar-refractivity contribution in [1.29, 1.82) is 0 Å². The van der Waals surface area contributed by atoms with Gasteiger partial charge in [0.15, 0.2) is 0 Å². The first-order chi connectivity index (χ1) is 11.6. The highest BCUT2D eigenvalue weighted by Crippen LogP contribution is 2.33. The third-order valence-corrected chi connectivity index (χ3v) is 5.23. The molecule has 0 unspecified atom stereocenters. The quantitative estimate of drug-likeness (QED) is 0.531. The Balaban J connectivity index is 1.66. The zero-order valence-electron chi connectivity index (χ0n) is 12.8. The first-order valence-corrected chi connectivity index (χ1v) is 8.55. The molecule has 3 heterocycles. The van der Waals surface area contributed by atoms with Crippen molar-refractivity contribution in [1.82, 2.24) is 14.5 Å². The van der Waals surface area contributed by atoms with Crippen LogP contribution in [-0.2, 0) is 18.4 Å². The van der Waals surface area contributed by atoms with Gasteiger partial charge in [-0.2, -0.15) is 0 Å². The highest BCUT2D eigenvalue weighted by atomic mass is 32.2. The van der Waals surface area contributed by atoms with Crippen molar-refractivity contribution in [2.45, 2.75) is 6.54 Å². The van der Waals surface area contributed by atoms with E-state index < -0.39 is 0 Å². The van der Waals surface area contributed by atoms with Gasteiger partial charge in [-0.1, -0.05) is 36.1 Å². The summed E-state index contributed by atoms with van der Waals surface area (Å²) in [6.45, 7) is 0.345. The molecule has 0 saturated carbocycles. The van der Waals surface area contributed by atoms with Crippen LogP contribution in [0.4, 0.5) is 0 Å². The molecule has 1 amide bonds. The number of aryl methyl sites for hydroxylation is 1. The number of para-hydroxylation sites is 2. The van der Waals surface area contributed by atoms with Gasteiger partial charge >= 0.3 is 0 Å². The number of hydrogen-bond donors (Lipinski definition) is 0. The maximum atomic E-state index is 12.6. The molecule has 1 fully saturated rings. The Bertz CT molecular complexity index is 973. The van der Waals surface area contributed by atoms with Crippen molar-refractivity contribution in [3.05, 3.63) is 59.2 Å². The molecule has 2 aromatic heterocycles. The van der Waals surface area contributed by atoms with E-state index in [1.54, 1.807) is 23.3 Å². The number of rotatable bonds is 3. The van der Waals surface area contributed by atoms with E-state index in [1.807, 2.05) is 41.9 Å². The van der Waals surface area contributed by atoms with E-state index >= 15 is 0 Å². The molecule has 3 aromatic rings. The summed E-state index contributed by atoms with van der Waals surface area (Å²) in [7, 11) is 1.94. The lowest BCUT2D eigenvalue weighted by molar-refractivity contribution is -0.122. The Hall–Kier alpha value is -2.38. The SMILES string of the molecule is Cn1c(C=C2SC(=S)N(Cc3ccco3)C2=O)nc2ccccc21. The molecule has 0 bridgehead atoms. The summed E-state index contributed by atoms with van der Waals surface area (Å²) < 4.78 is 7.80. The molecule has 5 nitrogen and oxygen atoms in total. The number of amides is 1. The van der Waals surface area contributed by atoms with Crippen LogP contribution in [0.15, 0.2) is 52.0 Å². The second kappa shape index (κ2) is 5.92. The van der Waals surface area contributed by atoms with Gasteiger partial charge in [-0.05, 0) is 24.3 Å². The Morgan fingerprint density at radius 1 is 1.29 bits per heavy atom. The van der Waals surface area contributed by atoms with Crippen LogP contribution in [0.5, 0.6) is 0 Å². The number of furan rings is 1. The largest absolute Gasteiger partial charge is 0.467 e. The molecule has 0 radical (unpaired) electrons. The molecule has 0 atom stereocenters. The number of carbonyl (C=O) groups is 1. The monoisotopic (exact) mass is 355 g/mol. The van der Waals surface area contributed by atoms with Crippen LogP contribution in [-0.4, -0.2) is 24.7 Å². The van der Waals surface area contributed by atoms with Crippen LogP contribution < -0.4 is 0 Å². The summed E-state index contributed by atoms with van der Waals surface area (Å²) >= 11 is 6.63. The van der Waals surface area contributed by atoms with Gasteiger partial charge in [-0.3, -0.25) is 9.69 Å². The fraction of sp³-hybridized carbons (Fsp3) is 0.118. The zero-order chi connectivity index (χ0) is 16.7. The zero-order valence-corrected chi connectivity index (χ0v) is 14.4. The number of carbonyl (C=O) groups excluding carboxylic acids is 1. The average Bonchev–Trinajstić information content (AvgIpc) is 3.26. The third-order valence-electron chi connectivity index (χ3n) is 3.85. The second-order valence-electron chi connectivity index (χ2n) is 5.36. The predicted molar refractivity (Wildman–Crippen MR) is 98.1 cm³/mol. The number of thiocarbonyl (C=S) groups is 1. The highest BCUT2D eigenvalue weighted by molar-refractivity contribution is 8.26. The van der Waals surface area contributed by atoms with Gasteiger partial charge in [-0.15, -0.1) is 0 Å². The minimum Gasteiger partial charge on any atom is -0.467 e. The van der Waals surface area contributed by atoms with Gasteiger partial charge < -0.3 is 8.98 Å². The van der Waals surface area contributed by atoms with E-state index in [1.165, 1.54) is 11.8 Å². The maximum Gasteiger partial charge on any atom is 0.266 e. The summed E-state index contributed by atoms with van der Waals surface area (Å²) in [5.41, 5.74) is 1.92. The number of imidazole rings is 1. The molecule has 0 N–H and O–H groups in total. The number of fused-ring (bicyclic) bond motifs is 1. The Morgan fingerprint density at radius 3 is 2.88 bits per heavy atom. The van der Waals surface area contributed by atoms with Crippen molar-refractivity contribution < 1.29 is 9.21 Å². The fourth-order valence-corrected chi connectivity index (χ4v) is 3.83. The first kappa shape index (κ1) is 15.2. The maximum absolute atomic E-state index is 12.6. The molecule has 7 heteroatoms. The van der Waals surface area contributed by atoms with Gasteiger partial charge in [0.05, 0.1) is 28.7 Å².